The van der Waals surface area contributed by atoms with Crippen LogP contribution in [0.2, 0.25) is 0 Å². The molecule has 4 nitrogen and oxygen atoms in total. The highest BCUT2D eigenvalue weighted by molar-refractivity contribution is 5.73. The highest BCUT2D eigenvalue weighted by atomic mass is 16.1. The normalized spacial score (nSPS) is 15.7. The van der Waals surface area contributed by atoms with Gasteiger partial charge in [0.15, 0.2) is 0 Å². The van der Waals surface area contributed by atoms with Gasteiger partial charge in [0.2, 0.25) is 5.91 Å². The Morgan fingerprint density at radius 2 is 1.39 bits per heavy atom. The molecule has 5 rings (SSSR count). The average Bonchev–Trinajstić information content (AvgIpc) is 3.29. The lowest BCUT2D eigenvalue weighted by Crippen LogP contribution is -2.39. The Morgan fingerprint density at radius 1 is 0.879 bits per heavy atom. The number of carbonyl (C=O) groups excluding carboxylic acids is 1. The number of nitrogens with zero attached hydrogens (tertiary/aromatic N) is 2. The first-order valence-corrected chi connectivity index (χ1v) is 11.7. The van der Waals surface area contributed by atoms with Gasteiger partial charge in [-0.3, -0.25) is 4.79 Å². The van der Waals surface area contributed by atoms with Crippen LogP contribution in [-0.4, -0.2) is 15.5 Å². The quantitative estimate of drug-likeness (QED) is 0.411. The van der Waals surface area contributed by atoms with Crippen LogP contribution in [0, 0.1) is 5.92 Å². The molecule has 0 aliphatic heterocycles. The molecule has 33 heavy (non-hydrogen) atoms. The van der Waals surface area contributed by atoms with Gasteiger partial charge in [0.1, 0.15) is 5.54 Å². The van der Waals surface area contributed by atoms with Gasteiger partial charge in [0, 0.05) is 12.1 Å². The third kappa shape index (κ3) is 3.86. The van der Waals surface area contributed by atoms with E-state index in [1.807, 2.05) is 6.33 Å². The van der Waals surface area contributed by atoms with Crippen LogP contribution in [0.4, 0.5) is 0 Å². The summed E-state index contributed by atoms with van der Waals surface area (Å²) in [6.45, 7) is 0. The first-order valence-electron chi connectivity index (χ1n) is 11.7. The summed E-state index contributed by atoms with van der Waals surface area (Å²) in [4.78, 5) is 16.3. The highest BCUT2D eigenvalue weighted by Gasteiger charge is 2.41. The van der Waals surface area contributed by atoms with Gasteiger partial charge in [0.05, 0.1) is 12.0 Å². The van der Waals surface area contributed by atoms with Crippen molar-refractivity contribution in [1.82, 2.24) is 9.55 Å². The molecule has 1 atom stereocenters. The van der Waals surface area contributed by atoms with E-state index < -0.39 is 5.54 Å². The van der Waals surface area contributed by atoms with Crippen molar-refractivity contribution in [3.63, 3.8) is 0 Å². The number of benzene rings is 3. The molecule has 0 saturated heterocycles. The zero-order valence-corrected chi connectivity index (χ0v) is 18.7. The first-order chi connectivity index (χ1) is 16.2. The van der Waals surface area contributed by atoms with E-state index in [0.717, 1.165) is 31.4 Å². The summed E-state index contributed by atoms with van der Waals surface area (Å²) >= 11 is 0. The smallest absolute Gasteiger partial charge is 0.217 e. The minimum Gasteiger partial charge on any atom is -0.370 e. The van der Waals surface area contributed by atoms with Crippen LogP contribution in [0.3, 0.4) is 0 Å². The lowest BCUT2D eigenvalue weighted by molar-refractivity contribution is -0.118. The molecular weight excluding hydrogens is 406 g/mol. The summed E-state index contributed by atoms with van der Waals surface area (Å²) < 4.78 is 2.39. The van der Waals surface area contributed by atoms with Crippen molar-refractivity contribution in [3.8, 4) is 0 Å². The molecule has 0 fully saturated rings. The summed E-state index contributed by atoms with van der Waals surface area (Å²) in [5, 5.41) is 0. The van der Waals surface area contributed by atoms with E-state index in [1.54, 1.807) is 0 Å². The number of primary amides is 1. The summed E-state index contributed by atoms with van der Waals surface area (Å²) in [6, 6.07) is 32.1. The minimum absolute atomic E-state index is 0.221. The van der Waals surface area contributed by atoms with Gasteiger partial charge in [-0.05, 0) is 48.3 Å². The Morgan fingerprint density at radius 3 is 1.88 bits per heavy atom. The van der Waals surface area contributed by atoms with Crippen molar-refractivity contribution in [2.24, 2.45) is 11.7 Å². The molecule has 0 bridgehead atoms. The molecule has 1 aliphatic carbocycles. The van der Waals surface area contributed by atoms with Crippen LogP contribution >= 0.6 is 0 Å². The largest absolute Gasteiger partial charge is 0.370 e. The minimum atomic E-state index is -0.546. The van der Waals surface area contributed by atoms with Crippen molar-refractivity contribution < 1.29 is 4.79 Å². The maximum absolute atomic E-state index is 11.4. The fraction of sp³-hybridized carbons (Fsp3) is 0.241. The lowest BCUT2D eigenvalue weighted by atomic mass is 9.75. The third-order valence-electron chi connectivity index (χ3n) is 6.96. The van der Waals surface area contributed by atoms with Crippen molar-refractivity contribution in [2.75, 3.05) is 0 Å². The summed E-state index contributed by atoms with van der Waals surface area (Å²) in [5.41, 5.74) is 10.9. The maximum atomic E-state index is 11.4. The topological polar surface area (TPSA) is 60.9 Å². The van der Waals surface area contributed by atoms with E-state index in [1.165, 1.54) is 22.4 Å². The SMILES string of the molecule is NC(=O)CCC1CCc2ncn(C(c3ccccc3)(c3ccccc3)c3ccccc3)c2C1. The maximum Gasteiger partial charge on any atom is 0.217 e. The zero-order valence-electron chi connectivity index (χ0n) is 18.7. The molecule has 4 aromatic rings. The number of hydrogen-bond donors (Lipinski definition) is 1. The molecule has 0 saturated carbocycles. The van der Waals surface area contributed by atoms with Gasteiger partial charge >= 0.3 is 0 Å². The van der Waals surface area contributed by atoms with Gasteiger partial charge in [-0.25, -0.2) is 4.98 Å². The Balaban J connectivity index is 1.74. The molecule has 4 heteroatoms. The Hall–Kier alpha value is -3.66. The number of rotatable bonds is 7. The highest BCUT2D eigenvalue weighted by Crippen LogP contribution is 2.43. The molecule has 1 heterocycles. The van der Waals surface area contributed by atoms with Crippen LogP contribution in [-0.2, 0) is 23.2 Å². The number of hydrogen-bond acceptors (Lipinski definition) is 2. The van der Waals surface area contributed by atoms with Crippen LogP contribution in [0.5, 0.6) is 0 Å². The van der Waals surface area contributed by atoms with E-state index in [4.69, 9.17) is 10.7 Å². The molecule has 1 unspecified atom stereocenters. The van der Waals surface area contributed by atoms with Gasteiger partial charge in [-0.1, -0.05) is 91.0 Å². The molecule has 166 valence electrons. The van der Waals surface area contributed by atoms with Gasteiger partial charge in [-0.15, -0.1) is 0 Å². The second-order valence-corrected chi connectivity index (χ2v) is 8.93. The van der Waals surface area contributed by atoms with E-state index in [2.05, 4.69) is 95.6 Å². The van der Waals surface area contributed by atoms with Crippen molar-refractivity contribution in [2.45, 2.75) is 37.6 Å². The molecule has 1 amide bonds. The molecule has 1 aromatic heterocycles. The van der Waals surface area contributed by atoms with E-state index in [0.29, 0.717) is 12.3 Å². The average molecular weight is 436 g/mol. The monoisotopic (exact) mass is 435 g/mol. The van der Waals surface area contributed by atoms with E-state index in [-0.39, 0.29) is 5.91 Å². The molecular formula is C29H29N3O. The Bertz CT molecular complexity index is 1120. The molecule has 0 spiro atoms. The Labute approximate surface area is 195 Å². The van der Waals surface area contributed by atoms with Gasteiger partial charge < -0.3 is 10.3 Å². The second kappa shape index (κ2) is 9.07. The zero-order chi connectivity index (χ0) is 22.7. The number of nitrogens with two attached hydrogens (primary N) is 1. The summed E-state index contributed by atoms with van der Waals surface area (Å²) in [5.74, 6) is 0.210. The van der Waals surface area contributed by atoms with Gasteiger partial charge in [0.25, 0.3) is 0 Å². The predicted molar refractivity (Wildman–Crippen MR) is 131 cm³/mol. The second-order valence-electron chi connectivity index (χ2n) is 8.93. The predicted octanol–water partition coefficient (Wildman–Crippen LogP) is 5.09. The van der Waals surface area contributed by atoms with Crippen LogP contribution < -0.4 is 5.73 Å². The fourth-order valence-electron chi connectivity index (χ4n) is 5.39. The first kappa shape index (κ1) is 21.2. The fourth-order valence-corrected chi connectivity index (χ4v) is 5.39. The number of amides is 1. The van der Waals surface area contributed by atoms with Crippen LogP contribution in [0.1, 0.15) is 47.3 Å². The number of aromatic nitrogens is 2. The van der Waals surface area contributed by atoms with Gasteiger partial charge in [-0.2, -0.15) is 0 Å². The Kier molecular flexibility index (Phi) is 5.82. The lowest BCUT2D eigenvalue weighted by Gasteiger charge is -2.39. The third-order valence-corrected chi connectivity index (χ3v) is 6.96. The molecule has 0 radical (unpaired) electrons. The van der Waals surface area contributed by atoms with E-state index in [9.17, 15) is 4.79 Å². The van der Waals surface area contributed by atoms with Crippen molar-refractivity contribution >= 4 is 5.91 Å². The number of fused-ring (bicyclic) bond motifs is 1. The molecule has 1 aliphatic rings. The van der Waals surface area contributed by atoms with Crippen LogP contribution in [0.25, 0.3) is 0 Å². The molecule has 2 N–H and O–H groups in total. The number of carbonyl (C=O) groups is 1. The van der Waals surface area contributed by atoms with Crippen molar-refractivity contribution in [1.29, 1.82) is 0 Å². The number of aryl methyl sites for hydroxylation is 1. The standard InChI is InChI=1S/C29H29N3O/c30-28(33)19-17-22-16-18-26-27(20-22)32(21-31-26)29(23-10-4-1-5-11-23,24-12-6-2-7-13-24)25-14-8-3-9-15-25/h1-15,21-22H,16-20H2,(H2,30,33). The molecule has 3 aromatic carbocycles. The number of imidazole rings is 1. The van der Waals surface area contributed by atoms with E-state index >= 15 is 0 Å². The summed E-state index contributed by atoms with van der Waals surface area (Å²) in [6.07, 6.45) is 6.17. The van der Waals surface area contributed by atoms with Crippen LogP contribution in [0.15, 0.2) is 97.3 Å². The summed E-state index contributed by atoms with van der Waals surface area (Å²) in [7, 11) is 0. The van der Waals surface area contributed by atoms with Crippen molar-refractivity contribution in [3.05, 3.63) is 125 Å².